The molecule has 116 valence electrons. The van der Waals surface area contributed by atoms with Crippen LogP contribution in [-0.4, -0.2) is 51.8 Å². The standard InChI is InChI=1S/C17H21FN4/c18-15-3-1-4-16(9-15)22-12-14(10-19-22)11-20-7-8-21-6-2-5-17(21)13-20/h1,3-4,9-10,12,17H,2,5-8,11,13H2. The lowest BCUT2D eigenvalue weighted by Crippen LogP contribution is -2.49. The Labute approximate surface area is 130 Å². The molecule has 2 saturated heterocycles. The van der Waals surface area contributed by atoms with E-state index in [4.69, 9.17) is 0 Å². The summed E-state index contributed by atoms with van der Waals surface area (Å²) in [6.07, 6.45) is 6.58. The Morgan fingerprint density at radius 1 is 1.23 bits per heavy atom. The van der Waals surface area contributed by atoms with Gasteiger partial charge in [0, 0.05) is 44.0 Å². The Morgan fingerprint density at radius 3 is 3.09 bits per heavy atom. The van der Waals surface area contributed by atoms with Gasteiger partial charge in [-0.05, 0) is 37.6 Å². The fraction of sp³-hybridized carbons (Fsp3) is 0.471. The fourth-order valence-corrected chi connectivity index (χ4v) is 3.66. The maximum absolute atomic E-state index is 13.3. The molecule has 2 aromatic rings. The van der Waals surface area contributed by atoms with E-state index in [1.54, 1.807) is 10.7 Å². The number of rotatable bonds is 3. The van der Waals surface area contributed by atoms with Crippen LogP contribution >= 0.6 is 0 Å². The van der Waals surface area contributed by atoms with Gasteiger partial charge in [-0.3, -0.25) is 9.80 Å². The molecule has 0 amide bonds. The zero-order chi connectivity index (χ0) is 14.9. The van der Waals surface area contributed by atoms with E-state index in [-0.39, 0.29) is 5.82 Å². The van der Waals surface area contributed by atoms with E-state index in [1.807, 2.05) is 18.5 Å². The van der Waals surface area contributed by atoms with Crippen LogP contribution in [0.5, 0.6) is 0 Å². The van der Waals surface area contributed by atoms with Gasteiger partial charge in [0.15, 0.2) is 0 Å². The smallest absolute Gasteiger partial charge is 0.125 e. The third kappa shape index (κ3) is 2.78. The Kier molecular flexibility index (Phi) is 3.68. The molecule has 0 bridgehead atoms. The van der Waals surface area contributed by atoms with Gasteiger partial charge in [-0.2, -0.15) is 5.10 Å². The average molecular weight is 300 g/mol. The lowest BCUT2D eigenvalue weighted by atomic mass is 10.1. The highest BCUT2D eigenvalue weighted by atomic mass is 19.1. The SMILES string of the molecule is Fc1cccc(-n2cc(CN3CCN4CCCC4C3)cn2)c1. The van der Waals surface area contributed by atoms with Crippen molar-refractivity contribution in [3.05, 3.63) is 48.0 Å². The fourth-order valence-electron chi connectivity index (χ4n) is 3.66. The molecular formula is C17H21FN4. The summed E-state index contributed by atoms with van der Waals surface area (Å²) in [5, 5.41) is 4.37. The Bertz CT molecular complexity index is 654. The first-order valence-electron chi connectivity index (χ1n) is 8.04. The van der Waals surface area contributed by atoms with Gasteiger partial charge >= 0.3 is 0 Å². The maximum Gasteiger partial charge on any atom is 0.125 e. The Hall–Kier alpha value is -1.72. The molecule has 1 aromatic heterocycles. The molecule has 2 aliphatic heterocycles. The molecule has 0 saturated carbocycles. The molecule has 1 unspecified atom stereocenters. The molecule has 22 heavy (non-hydrogen) atoms. The summed E-state index contributed by atoms with van der Waals surface area (Å²) in [4.78, 5) is 5.13. The first-order chi connectivity index (χ1) is 10.8. The monoisotopic (exact) mass is 300 g/mol. The second kappa shape index (κ2) is 5.82. The molecule has 3 heterocycles. The summed E-state index contributed by atoms with van der Waals surface area (Å²) >= 11 is 0. The topological polar surface area (TPSA) is 24.3 Å². The average Bonchev–Trinajstić information content (AvgIpc) is 3.16. The van der Waals surface area contributed by atoms with Crippen molar-refractivity contribution in [2.45, 2.75) is 25.4 Å². The van der Waals surface area contributed by atoms with Crippen molar-refractivity contribution in [3.63, 3.8) is 0 Å². The van der Waals surface area contributed by atoms with Crippen LogP contribution in [0.15, 0.2) is 36.7 Å². The number of halogens is 1. The van der Waals surface area contributed by atoms with Crippen molar-refractivity contribution in [1.29, 1.82) is 0 Å². The van der Waals surface area contributed by atoms with Gasteiger partial charge < -0.3 is 0 Å². The van der Waals surface area contributed by atoms with Crippen molar-refractivity contribution >= 4 is 0 Å². The lowest BCUT2D eigenvalue weighted by Gasteiger charge is -2.37. The number of aromatic nitrogens is 2. The molecule has 0 N–H and O–H groups in total. The van der Waals surface area contributed by atoms with E-state index in [1.165, 1.54) is 43.6 Å². The van der Waals surface area contributed by atoms with Crippen molar-refractivity contribution in [2.75, 3.05) is 26.2 Å². The molecule has 1 atom stereocenters. The largest absolute Gasteiger partial charge is 0.298 e. The van der Waals surface area contributed by atoms with Gasteiger partial charge in [0.05, 0.1) is 11.9 Å². The second-order valence-electron chi connectivity index (χ2n) is 6.34. The van der Waals surface area contributed by atoms with Crippen LogP contribution in [0.3, 0.4) is 0 Å². The van der Waals surface area contributed by atoms with Crippen LogP contribution in [0.4, 0.5) is 4.39 Å². The van der Waals surface area contributed by atoms with E-state index in [0.29, 0.717) is 0 Å². The van der Waals surface area contributed by atoms with Gasteiger partial charge in [-0.25, -0.2) is 9.07 Å². The molecule has 4 rings (SSSR count). The number of fused-ring (bicyclic) bond motifs is 1. The first kappa shape index (κ1) is 13.9. The lowest BCUT2D eigenvalue weighted by molar-refractivity contribution is 0.0994. The van der Waals surface area contributed by atoms with Crippen molar-refractivity contribution in [1.82, 2.24) is 19.6 Å². The predicted octanol–water partition coefficient (Wildman–Crippen LogP) is 2.29. The molecule has 4 nitrogen and oxygen atoms in total. The van der Waals surface area contributed by atoms with Crippen molar-refractivity contribution in [3.8, 4) is 5.69 Å². The molecule has 0 aliphatic carbocycles. The minimum atomic E-state index is -0.230. The Morgan fingerprint density at radius 2 is 2.18 bits per heavy atom. The second-order valence-corrected chi connectivity index (χ2v) is 6.34. The van der Waals surface area contributed by atoms with Crippen LogP contribution in [0.1, 0.15) is 18.4 Å². The number of benzene rings is 1. The summed E-state index contributed by atoms with van der Waals surface area (Å²) in [6.45, 7) is 5.67. The highest BCUT2D eigenvalue weighted by Crippen LogP contribution is 2.22. The molecule has 2 fully saturated rings. The van der Waals surface area contributed by atoms with Crippen LogP contribution in [0.25, 0.3) is 5.69 Å². The van der Waals surface area contributed by atoms with E-state index >= 15 is 0 Å². The molecular weight excluding hydrogens is 279 g/mol. The summed E-state index contributed by atoms with van der Waals surface area (Å²) in [5.41, 5.74) is 1.96. The third-order valence-electron chi connectivity index (χ3n) is 4.79. The van der Waals surface area contributed by atoms with Crippen LogP contribution in [0, 0.1) is 5.82 Å². The molecule has 1 aromatic carbocycles. The zero-order valence-electron chi connectivity index (χ0n) is 12.7. The highest BCUT2D eigenvalue weighted by Gasteiger charge is 2.30. The molecule has 0 radical (unpaired) electrons. The Balaban J connectivity index is 1.44. The van der Waals surface area contributed by atoms with E-state index in [0.717, 1.165) is 31.4 Å². The quantitative estimate of drug-likeness (QED) is 0.869. The predicted molar refractivity (Wildman–Crippen MR) is 83.4 cm³/mol. The van der Waals surface area contributed by atoms with Gasteiger partial charge in [0.1, 0.15) is 5.82 Å². The number of piperazine rings is 1. The van der Waals surface area contributed by atoms with E-state index in [9.17, 15) is 4.39 Å². The first-order valence-corrected chi connectivity index (χ1v) is 8.04. The van der Waals surface area contributed by atoms with Gasteiger partial charge in [0.2, 0.25) is 0 Å². The van der Waals surface area contributed by atoms with Crippen molar-refractivity contribution in [2.24, 2.45) is 0 Å². The number of nitrogens with zero attached hydrogens (tertiary/aromatic N) is 4. The summed E-state index contributed by atoms with van der Waals surface area (Å²) in [6, 6.07) is 7.29. The van der Waals surface area contributed by atoms with Crippen LogP contribution in [-0.2, 0) is 6.54 Å². The zero-order valence-corrected chi connectivity index (χ0v) is 12.7. The van der Waals surface area contributed by atoms with Crippen LogP contribution in [0.2, 0.25) is 0 Å². The summed E-state index contributed by atoms with van der Waals surface area (Å²) in [5.74, 6) is -0.230. The third-order valence-corrected chi connectivity index (χ3v) is 4.79. The molecule has 5 heteroatoms. The van der Waals surface area contributed by atoms with Crippen molar-refractivity contribution < 1.29 is 4.39 Å². The summed E-state index contributed by atoms with van der Waals surface area (Å²) in [7, 11) is 0. The van der Waals surface area contributed by atoms with Crippen LogP contribution < -0.4 is 0 Å². The highest BCUT2D eigenvalue weighted by molar-refractivity contribution is 5.31. The van der Waals surface area contributed by atoms with E-state index < -0.39 is 0 Å². The number of hydrogen-bond acceptors (Lipinski definition) is 3. The minimum Gasteiger partial charge on any atom is -0.298 e. The summed E-state index contributed by atoms with van der Waals surface area (Å²) < 4.78 is 15.1. The molecule has 0 spiro atoms. The maximum atomic E-state index is 13.3. The van der Waals surface area contributed by atoms with Gasteiger partial charge in [-0.1, -0.05) is 6.07 Å². The number of hydrogen-bond donors (Lipinski definition) is 0. The molecule has 2 aliphatic rings. The van der Waals surface area contributed by atoms with E-state index in [2.05, 4.69) is 14.9 Å². The minimum absolute atomic E-state index is 0.230. The normalized spacial score (nSPS) is 22.9. The van der Waals surface area contributed by atoms with Gasteiger partial charge in [-0.15, -0.1) is 0 Å². The van der Waals surface area contributed by atoms with Gasteiger partial charge in [0.25, 0.3) is 0 Å².